The Hall–Kier alpha value is -1.06. The lowest BCUT2D eigenvalue weighted by Crippen LogP contribution is -2.34. The smallest absolute Gasteiger partial charge is 0.123 e. The molecule has 0 bridgehead atoms. The lowest BCUT2D eigenvalue weighted by Gasteiger charge is -2.24. The summed E-state index contributed by atoms with van der Waals surface area (Å²) in [5.74, 6) is 0.957. The molecule has 0 saturated heterocycles. The molecule has 1 aromatic rings. The number of nitrogens with two attached hydrogens (primary N) is 1. The fraction of sp³-hybridized carbons (Fsp3) is 0.571. The Morgan fingerprint density at radius 2 is 2.12 bits per heavy atom. The van der Waals surface area contributed by atoms with Crippen LogP contribution in [0.1, 0.15) is 25.0 Å². The molecule has 96 valence electrons. The average molecular weight is 236 g/mol. The van der Waals surface area contributed by atoms with Gasteiger partial charge in [-0.3, -0.25) is 4.90 Å². The molecule has 3 heteroatoms. The average Bonchev–Trinajstić information content (AvgIpc) is 2.37. The molecule has 0 saturated carbocycles. The fourth-order valence-corrected chi connectivity index (χ4v) is 1.78. The predicted molar refractivity (Wildman–Crippen MR) is 72.4 cm³/mol. The van der Waals surface area contributed by atoms with Crippen molar-refractivity contribution in [2.24, 2.45) is 5.73 Å². The quantitative estimate of drug-likeness (QED) is 0.821. The van der Waals surface area contributed by atoms with Crippen LogP contribution < -0.4 is 10.5 Å². The molecular weight excluding hydrogens is 212 g/mol. The zero-order valence-electron chi connectivity index (χ0n) is 11.4. The van der Waals surface area contributed by atoms with Crippen molar-refractivity contribution in [1.82, 2.24) is 4.90 Å². The molecule has 0 spiro atoms. The van der Waals surface area contributed by atoms with Gasteiger partial charge in [-0.15, -0.1) is 0 Å². The van der Waals surface area contributed by atoms with E-state index >= 15 is 0 Å². The topological polar surface area (TPSA) is 38.5 Å². The van der Waals surface area contributed by atoms with Crippen LogP contribution in [-0.4, -0.2) is 31.6 Å². The van der Waals surface area contributed by atoms with Gasteiger partial charge in [-0.2, -0.15) is 0 Å². The van der Waals surface area contributed by atoms with Gasteiger partial charge in [-0.25, -0.2) is 0 Å². The summed E-state index contributed by atoms with van der Waals surface area (Å²) in [5, 5.41) is 0. The summed E-state index contributed by atoms with van der Waals surface area (Å²) in [6.45, 7) is 5.84. The molecule has 1 atom stereocenters. The number of nitrogens with zero attached hydrogens (tertiary/aromatic N) is 1. The predicted octanol–water partition coefficient (Wildman–Crippen LogP) is 2.04. The molecule has 0 aliphatic rings. The first-order valence-electron chi connectivity index (χ1n) is 6.18. The third-order valence-electron chi connectivity index (χ3n) is 3.27. The Labute approximate surface area is 105 Å². The Balaban J connectivity index is 2.87. The first kappa shape index (κ1) is 14.0. The standard InChI is InChI=1S/C14H24N2O/c1-5-12-6-7-14(17-4)13(8-12)10-16(3)11(2)9-15/h6-8,11H,5,9-10,15H2,1-4H3. The van der Waals surface area contributed by atoms with Gasteiger partial charge in [-0.1, -0.05) is 19.1 Å². The van der Waals surface area contributed by atoms with Crippen LogP contribution in [0.15, 0.2) is 18.2 Å². The second kappa shape index (κ2) is 6.62. The van der Waals surface area contributed by atoms with Gasteiger partial charge in [0.15, 0.2) is 0 Å². The van der Waals surface area contributed by atoms with Gasteiger partial charge < -0.3 is 10.5 Å². The SMILES string of the molecule is CCc1ccc(OC)c(CN(C)C(C)CN)c1. The maximum absolute atomic E-state index is 5.68. The van der Waals surface area contributed by atoms with Gasteiger partial charge >= 0.3 is 0 Å². The Kier molecular flexibility index (Phi) is 5.45. The number of hydrogen-bond donors (Lipinski definition) is 1. The second-order valence-electron chi connectivity index (χ2n) is 4.50. The van der Waals surface area contributed by atoms with Gasteiger partial charge in [0.1, 0.15) is 5.75 Å². The third-order valence-corrected chi connectivity index (χ3v) is 3.27. The van der Waals surface area contributed by atoms with Crippen LogP contribution in [0.5, 0.6) is 5.75 Å². The first-order valence-corrected chi connectivity index (χ1v) is 6.18. The minimum Gasteiger partial charge on any atom is -0.496 e. The molecule has 0 radical (unpaired) electrons. The van der Waals surface area contributed by atoms with Crippen LogP contribution in [0.2, 0.25) is 0 Å². The van der Waals surface area contributed by atoms with Crippen LogP contribution in [0.25, 0.3) is 0 Å². The number of benzene rings is 1. The number of rotatable bonds is 6. The summed E-state index contributed by atoms with van der Waals surface area (Å²) in [6.07, 6.45) is 1.05. The van der Waals surface area contributed by atoms with Crippen molar-refractivity contribution < 1.29 is 4.74 Å². The van der Waals surface area contributed by atoms with E-state index < -0.39 is 0 Å². The molecule has 3 nitrogen and oxygen atoms in total. The maximum Gasteiger partial charge on any atom is 0.123 e. The summed E-state index contributed by atoms with van der Waals surface area (Å²) in [7, 11) is 3.81. The first-order chi connectivity index (χ1) is 8.12. The number of aryl methyl sites for hydroxylation is 1. The molecule has 0 amide bonds. The highest BCUT2D eigenvalue weighted by Crippen LogP contribution is 2.22. The molecule has 1 rings (SSSR count). The molecule has 0 aliphatic carbocycles. The van der Waals surface area contributed by atoms with E-state index in [1.807, 2.05) is 0 Å². The highest BCUT2D eigenvalue weighted by molar-refractivity contribution is 5.37. The van der Waals surface area contributed by atoms with Crippen LogP contribution >= 0.6 is 0 Å². The van der Waals surface area contributed by atoms with Crippen molar-refractivity contribution in [3.05, 3.63) is 29.3 Å². The van der Waals surface area contributed by atoms with E-state index in [1.165, 1.54) is 11.1 Å². The highest BCUT2D eigenvalue weighted by atomic mass is 16.5. The monoisotopic (exact) mass is 236 g/mol. The summed E-state index contributed by atoms with van der Waals surface area (Å²) < 4.78 is 5.40. The summed E-state index contributed by atoms with van der Waals surface area (Å²) in [6, 6.07) is 6.77. The molecule has 0 aliphatic heterocycles. The van der Waals surface area contributed by atoms with Gasteiger partial charge in [-0.05, 0) is 32.0 Å². The molecule has 1 aromatic carbocycles. The van der Waals surface area contributed by atoms with Crippen molar-refractivity contribution in [2.75, 3.05) is 20.7 Å². The third kappa shape index (κ3) is 3.72. The van der Waals surface area contributed by atoms with E-state index in [-0.39, 0.29) is 0 Å². The number of hydrogen-bond acceptors (Lipinski definition) is 3. The van der Waals surface area contributed by atoms with Gasteiger partial charge in [0.25, 0.3) is 0 Å². The Bertz CT molecular complexity index is 352. The molecule has 2 N–H and O–H groups in total. The van der Waals surface area contributed by atoms with Crippen LogP contribution in [-0.2, 0) is 13.0 Å². The summed E-state index contributed by atoms with van der Waals surface area (Å²) in [4.78, 5) is 2.25. The van der Waals surface area contributed by atoms with Crippen molar-refractivity contribution in [3.63, 3.8) is 0 Å². The molecule has 0 aromatic heterocycles. The van der Waals surface area contributed by atoms with E-state index in [0.717, 1.165) is 18.7 Å². The second-order valence-corrected chi connectivity index (χ2v) is 4.50. The van der Waals surface area contributed by atoms with Gasteiger partial charge in [0, 0.05) is 24.7 Å². The molecule has 17 heavy (non-hydrogen) atoms. The number of methoxy groups -OCH3 is 1. The fourth-order valence-electron chi connectivity index (χ4n) is 1.78. The molecule has 0 fully saturated rings. The van der Waals surface area contributed by atoms with Crippen molar-refractivity contribution in [2.45, 2.75) is 32.9 Å². The van der Waals surface area contributed by atoms with Gasteiger partial charge in [0.05, 0.1) is 7.11 Å². The van der Waals surface area contributed by atoms with Gasteiger partial charge in [0.2, 0.25) is 0 Å². The Morgan fingerprint density at radius 3 is 2.65 bits per heavy atom. The van der Waals surface area contributed by atoms with E-state index in [9.17, 15) is 0 Å². The zero-order valence-corrected chi connectivity index (χ0v) is 11.4. The number of ether oxygens (including phenoxy) is 1. The maximum atomic E-state index is 5.68. The lowest BCUT2D eigenvalue weighted by atomic mass is 10.1. The zero-order chi connectivity index (χ0) is 12.8. The van der Waals surface area contributed by atoms with E-state index in [0.29, 0.717) is 12.6 Å². The van der Waals surface area contributed by atoms with Crippen LogP contribution in [0.3, 0.4) is 0 Å². The molecule has 0 heterocycles. The minimum absolute atomic E-state index is 0.380. The largest absolute Gasteiger partial charge is 0.496 e. The number of likely N-dealkylation sites (N-methyl/N-ethyl adjacent to an activating group) is 1. The van der Waals surface area contributed by atoms with Crippen LogP contribution in [0.4, 0.5) is 0 Å². The van der Waals surface area contributed by atoms with Crippen molar-refractivity contribution >= 4 is 0 Å². The van der Waals surface area contributed by atoms with Crippen molar-refractivity contribution in [3.8, 4) is 5.75 Å². The molecule has 1 unspecified atom stereocenters. The summed E-state index contributed by atoms with van der Waals surface area (Å²) in [5.41, 5.74) is 8.25. The normalized spacial score (nSPS) is 12.8. The van der Waals surface area contributed by atoms with E-state index in [1.54, 1.807) is 7.11 Å². The summed E-state index contributed by atoms with van der Waals surface area (Å²) >= 11 is 0. The Morgan fingerprint density at radius 1 is 1.41 bits per heavy atom. The van der Waals surface area contributed by atoms with E-state index in [2.05, 4.69) is 44.0 Å². The van der Waals surface area contributed by atoms with E-state index in [4.69, 9.17) is 10.5 Å². The highest BCUT2D eigenvalue weighted by Gasteiger charge is 2.11. The van der Waals surface area contributed by atoms with Crippen molar-refractivity contribution in [1.29, 1.82) is 0 Å². The minimum atomic E-state index is 0.380. The van der Waals surface area contributed by atoms with Crippen LogP contribution in [0, 0.1) is 0 Å². The molecular formula is C14H24N2O. The lowest BCUT2D eigenvalue weighted by molar-refractivity contribution is 0.250.